The normalized spacial score (nSPS) is 32.8. The van der Waals surface area contributed by atoms with Gasteiger partial charge in [-0.2, -0.15) is 0 Å². The van der Waals surface area contributed by atoms with E-state index in [4.69, 9.17) is 10.5 Å². The van der Waals surface area contributed by atoms with Crippen molar-refractivity contribution in [3.8, 4) is 0 Å². The molecule has 1 unspecified atom stereocenters. The number of hydrogen-bond acceptors (Lipinski definition) is 4. The van der Waals surface area contributed by atoms with E-state index < -0.39 is 5.54 Å². The van der Waals surface area contributed by atoms with E-state index in [1.54, 1.807) is 0 Å². The topological polar surface area (TPSA) is 58.8 Å². The smallest absolute Gasteiger partial charge is 0.245 e. The molecule has 5 heteroatoms. The summed E-state index contributed by atoms with van der Waals surface area (Å²) in [5, 5.41) is 0. The number of hydrogen-bond donors (Lipinski definition) is 1. The minimum atomic E-state index is -0.761. The van der Waals surface area contributed by atoms with Gasteiger partial charge in [0.1, 0.15) is 5.54 Å². The minimum Gasteiger partial charge on any atom is -0.379 e. The highest BCUT2D eigenvalue weighted by Gasteiger charge is 2.41. The third-order valence-electron chi connectivity index (χ3n) is 3.48. The molecule has 0 saturated carbocycles. The van der Waals surface area contributed by atoms with Crippen molar-refractivity contribution in [2.45, 2.75) is 18.4 Å². The largest absolute Gasteiger partial charge is 0.379 e. The summed E-state index contributed by atoms with van der Waals surface area (Å²) in [5.41, 5.74) is 5.33. The lowest BCUT2D eigenvalue weighted by Crippen LogP contribution is -2.56. The van der Waals surface area contributed by atoms with Crippen LogP contribution >= 0.6 is 0 Å². The highest BCUT2D eigenvalue weighted by molar-refractivity contribution is 5.86. The Bertz CT molecular complexity index is 264. The van der Waals surface area contributed by atoms with Crippen LogP contribution < -0.4 is 5.73 Å². The van der Waals surface area contributed by atoms with Gasteiger partial charge in [-0.15, -0.1) is 0 Å². The van der Waals surface area contributed by atoms with E-state index in [0.717, 1.165) is 32.6 Å². The zero-order valence-corrected chi connectivity index (χ0v) is 9.95. The standard InChI is InChI=1S/C11H21N3O2/c1-13-4-2-5-14(7-6-13)10(15)11(12)3-8-16-9-11/h2-9,12H2,1H3. The molecule has 0 radical (unpaired) electrons. The average molecular weight is 227 g/mol. The van der Waals surface area contributed by atoms with Crippen molar-refractivity contribution in [2.75, 3.05) is 46.4 Å². The predicted molar refractivity (Wildman–Crippen MR) is 61.0 cm³/mol. The minimum absolute atomic E-state index is 0.0697. The molecule has 0 aromatic carbocycles. The van der Waals surface area contributed by atoms with Crippen LogP contribution in [0.4, 0.5) is 0 Å². The molecule has 16 heavy (non-hydrogen) atoms. The van der Waals surface area contributed by atoms with Crippen LogP contribution in [0.25, 0.3) is 0 Å². The van der Waals surface area contributed by atoms with Gasteiger partial charge in [0.15, 0.2) is 0 Å². The summed E-state index contributed by atoms with van der Waals surface area (Å²) in [6, 6.07) is 0. The highest BCUT2D eigenvalue weighted by atomic mass is 16.5. The van der Waals surface area contributed by atoms with Crippen molar-refractivity contribution < 1.29 is 9.53 Å². The van der Waals surface area contributed by atoms with E-state index in [2.05, 4.69) is 11.9 Å². The Morgan fingerprint density at radius 1 is 1.31 bits per heavy atom. The first-order chi connectivity index (χ1) is 7.62. The molecule has 0 aromatic heterocycles. The van der Waals surface area contributed by atoms with Gasteiger partial charge in [-0.05, 0) is 26.4 Å². The molecule has 1 amide bonds. The Morgan fingerprint density at radius 2 is 2.12 bits per heavy atom. The van der Waals surface area contributed by atoms with Crippen LogP contribution in [-0.2, 0) is 9.53 Å². The Morgan fingerprint density at radius 3 is 2.81 bits per heavy atom. The Hall–Kier alpha value is -0.650. The van der Waals surface area contributed by atoms with Crippen LogP contribution in [0.2, 0.25) is 0 Å². The zero-order chi connectivity index (χ0) is 11.6. The van der Waals surface area contributed by atoms with E-state index in [-0.39, 0.29) is 5.91 Å². The van der Waals surface area contributed by atoms with Crippen molar-refractivity contribution in [3.63, 3.8) is 0 Å². The van der Waals surface area contributed by atoms with E-state index >= 15 is 0 Å². The summed E-state index contributed by atoms with van der Waals surface area (Å²) in [6.07, 6.45) is 1.68. The van der Waals surface area contributed by atoms with E-state index in [0.29, 0.717) is 19.6 Å². The maximum Gasteiger partial charge on any atom is 0.245 e. The fourth-order valence-electron chi connectivity index (χ4n) is 2.31. The van der Waals surface area contributed by atoms with Crippen LogP contribution in [0, 0.1) is 0 Å². The molecule has 2 fully saturated rings. The van der Waals surface area contributed by atoms with Crippen molar-refractivity contribution in [1.29, 1.82) is 0 Å². The number of rotatable bonds is 1. The van der Waals surface area contributed by atoms with Gasteiger partial charge in [-0.25, -0.2) is 0 Å². The molecule has 2 aliphatic heterocycles. The summed E-state index contributed by atoms with van der Waals surface area (Å²) < 4.78 is 5.24. The first kappa shape index (κ1) is 11.8. The molecular formula is C11H21N3O2. The molecule has 0 aromatic rings. The van der Waals surface area contributed by atoms with Gasteiger partial charge in [-0.3, -0.25) is 4.79 Å². The first-order valence-corrected chi connectivity index (χ1v) is 5.96. The number of likely N-dealkylation sites (N-methyl/N-ethyl adjacent to an activating group) is 1. The molecule has 2 N–H and O–H groups in total. The fraction of sp³-hybridized carbons (Fsp3) is 0.909. The fourth-order valence-corrected chi connectivity index (χ4v) is 2.31. The maximum atomic E-state index is 12.3. The quantitative estimate of drug-likeness (QED) is 0.641. The maximum absolute atomic E-state index is 12.3. The van der Waals surface area contributed by atoms with Gasteiger partial charge in [0, 0.05) is 26.2 Å². The van der Waals surface area contributed by atoms with Gasteiger partial charge in [0.25, 0.3) is 0 Å². The third kappa shape index (κ3) is 2.36. The van der Waals surface area contributed by atoms with Crippen molar-refractivity contribution in [1.82, 2.24) is 9.80 Å². The molecule has 0 aliphatic carbocycles. The first-order valence-electron chi connectivity index (χ1n) is 5.96. The lowest BCUT2D eigenvalue weighted by atomic mass is 9.98. The van der Waals surface area contributed by atoms with Crippen molar-refractivity contribution in [3.05, 3.63) is 0 Å². The summed E-state index contributed by atoms with van der Waals surface area (Å²) in [4.78, 5) is 16.4. The molecule has 2 aliphatic rings. The van der Waals surface area contributed by atoms with Crippen molar-refractivity contribution >= 4 is 5.91 Å². The lowest BCUT2D eigenvalue weighted by molar-refractivity contribution is -0.136. The molecule has 0 spiro atoms. The van der Waals surface area contributed by atoms with Crippen LogP contribution in [-0.4, -0.2) is 67.7 Å². The molecular weight excluding hydrogens is 206 g/mol. The second-order valence-corrected chi connectivity index (χ2v) is 4.91. The van der Waals surface area contributed by atoms with Crippen LogP contribution in [0.1, 0.15) is 12.8 Å². The molecule has 2 rings (SSSR count). The van der Waals surface area contributed by atoms with Crippen LogP contribution in [0.5, 0.6) is 0 Å². The molecule has 92 valence electrons. The predicted octanol–water partition coefficient (Wildman–Crippen LogP) is -0.732. The second-order valence-electron chi connectivity index (χ2n) is 4.91. The molecule has 2 saturated heterocycles. The van der Waals surface area contributed by atoms with Gasteiger partial charge < -0.3 is 20.3 Å². The second kappa shape index (κ2) is 4.69. The molecule has 5 nitrogen and oxygen atoms in total. The van der Waals surface area contributed by atoms with Gasteiger partial charge in [0.05, 0.1) is 6.61 Å². The lowest BCUT2D eigenvalue weighted by Gasteiger charge is -2.29. The summed E-state index contributed by atoms with van der Waals surface area (Å²) in [6.45, 7) is 4.57. The molecule has 1 atom stereocenters. The number of amides is 1. The van der Waals surface area contributed by atoms with E-state index in [1.807, 2.05) is 4.90 Å². The average Bonchev–Trinajstić information content (AvgIpc) is 2.59. The number of ether oxygens (including phenoxy) is 1. The highest BCUT2D eigenvalue weighted by Crippen LogP contribution is 2.19. The molecule has 0 bridgehead atoms. The van der Waals surface area contributed by atoms with Gasteiger partial charge >= 0.3 is 0 Å². The number of carbonyl (C=O) groups is 1. The number of carbonyl (C=O) groups excluding carboxylic acids is 1. The zero-order valence-electron chi connectivity index (χ0n) is 9.95. The Balaban J connectivity index is 1.98. The third-order valence-corrected chi connectivity index (χ3v) is 3.48. The molecule has 2 heterocycles. The van der Waals surface area contributed by atoms with Gasteiger partial charge in [0.2, 0.25) is 5.91 Å². The van der Waals surface area contributed by atoms with Crippen LogP contribution in [0.15, 0.2) is 0 Å². The summed E-state index contributed by atoms with van der Waals surface area (Å²) >= 11 is 0. The van der Waals surface area contributed by atoms with E-state index in [1.165, 1.54) is 0 Å². The van der Waals surface area contributed by atoms with E-state index in [9.17, 15) is 4.79 Å². The summed E-state index contributed by atoms with van der Waals surface area (Å²) in [5.74, 6) is 0.0697. The number of nitrogens with zero attached hydrogens (tertiary/aromatic N) is 2. The summed E-state index contributed by atoms with van der Waals surface area (Å²) in [7, 11) is 2.09. The number of nitrogens with two attached hydrogens (primary N) is 1. The van der Waals surface area contributed by atoms with Gasteiger partial charge in [-0.1, -0.05) is 0 Å². The monoisotopic (exact) mass is 227 g/mol. The SMILES string of the molecule is CN1CCCN(C(=O)C2(N)CCOC2)CC1. The van der Waals surface area contributed by atoms with Crippen LogP contribution in [0.3, 0.4) is 0 Å². The Labute approximate surface area is 96.5 Å². The van der Waals surface area contributed by atoms with Crippen molar-refractivity contribution in [2.24, 2.45) is 5.73 Å². The Kier molecular flexibility index (Phi) is 3.47.